The number of nitrogens with two attached hydrogens (primary N) is 2. The Kier molecular flexibility index (Phi) is 19.4. The van der Waals surface area contributed by atoms with Crippen LogP contribution < -0.4 is 32.5 Å². The van der Waals surface area contributed by atoms with Gasteiger partial charge in [0.25, 0.3) is 10.9 Å². The van der Waals surface area contributed by atoms with Crippen molar-refractivity contribution in [3.63, 3.8) is 0 Å². The van der Waals surface area contributed by atoms with Gasteiger partial charge in [0.2, 0.25) is 0 Å². The van der Waals surface area contributed by atoms with Gasteiger partial charge >= 0.3 is 12.2 Å². The molecule has 63 heavy (non-hydrogen) atoms. The van der Waals surface area contributed by atoms with Crippen molar-refractivity contribution in [2.75, 3.05) is 24.7 Å². The molecule has 0 aromatic heterocycles. The molecular formula is C46H43ClF3N7O6. The number of carbonyl (C=O) groups excluding carboxylic acids is 2. The molecule has 6 aromatic rings. The van der Waals surface area contributed by atoms with Crippen molar-refractivity contribution in [2.24, 2.45) is 5.73 Å². The molecule has 0 radical (unpaired) electrons. The molecule has 0 heterocycles. The minimum atomic E-state index is -0.682. The van der Waals surface area contributed by atoms with E-state index in [9.17, 15) is 32.3 Å². The van der Waals surface area contributed by atoms with Crippen LogP contribution in [0.5, 0.6) is 0 Å². The summed E-state index contributed by atoms with van der Waals surface area (Å²) in [5.74, 6) is -1.32. The fourth-order valence-electron chi connectivity index (χ4n) is 5.62. The number of alkyl carbamates (subject to hydrolysis) is 1. The molecule has 0 spiro atoms. The zero-order chi connectivity index (χ0) is 45.2. The zero-order valence-electron chi connectivity index (χ0n) is 34.1. The maximum Gasteiger partial charge on any atom is 0.410 e. The average molecular weight is 882 g/mol. The van der Waals surface area contributed by atoms with Gasteiger partial charge < -0.3 is 36.1 Å². The number of carbonyl (C=O) groups is 2. The summed E-state index contributed by atoms with van der Waals surface area (Å²) in [6, 6.07) is 35.0. The number of hydrogen-bond acceptors (Lipinski definition) is 11. The molecule has 0 saturated heterocycles. The van der Waals surface area contributed by atoms with Gasteiger partial charge in [0.05, 0.1) is 29.8 Å². The second-order valence-corrected chi connectivity index (χ2v) is 13.6. The van der Waals surface area contributed by atoms with E-state index in [1.807, 2.05) is 72.8 Å². The first-order valence-corrected chi connectivity index (χ1v) is 18.7. The third-order valence-electron chi connectivity index (χ3n) is 8.97. The fraction of sp³-hybridized carbons (Fsp3) is 0.174. The van der Waals surface area contributed by atoms with Gasteiger partial charge in [-0.15, -0.1) is 12.4 Å². The molecule has 326 valence electrons. The van der Waals surface area contributed by atoms with Gasteiger partial charge in [0.15, 0.2) is 0 Å². The summed E-state index contributed by atoms with van der Waals surface area (Å²) in [5.41, 5.74) is 13.9. The van der Waals surface area contributed by atoms with E-state index >= 15 is 0 Å². The van der Waals surface area contributed by atoms with Gasteiger partial charge in [-0.2, -0.15) is 10.5 Å². The van der Waals surface area contributed by atoms with Crippen molar-refractivity contribution in [1.29, 1.82) is 10.5 Å². The number of halogens is 4. The molecule has 6 rings (SSSR count). The highest BCUT2D eigenvalue weighted by molar-refractivity contribution is 5.85. The SMILES string of the molecule is CN(Cc1cc(C#N)ccc1F)C(=O)OCc1ccccc1.CN(Cc1cc(CN)ccc1F)c1c(N)c(=O)c1=O.Cl.N#Cc1ccc(F)c(CNC(=O)OCc2ccccc2)c1. The molecule has 0 aliphatic carbocycles. The maximum absolute atomic E-state index is 13.7. The van der Waals surface area contributed by atoms with Crippen LogP contribution in [0.25, 0.3) is 0 Å². The van der Waals surface area contributed by atoms with E-state index in [1.165, 1.54) is 59.3 Å². The van der Waals surface area contributed by atoms with Crippen LogP contribution in [0.4, 0.5) is 34.1 Å². The minimum Gasteiger partial charge on any atom is -0.445 e. The summed E-state index contributed by atoms with van der Waals surface area (Å²) in [5, 5.41) is 20.0. The number of nitriles is 2. The van der Waals surface area contributed by atoms with Crippen molar-refractivity contribution in [3.8, 4) is 12.1 Å². The van der Waals surface area contributed by atoms with Crippen LogP contribution in [-0.2, 0) is 48.9 Å². The number of nitrogens with one attached hydrogen (secondary N) is 1. The smallest absolute Gasteiger partial charge is 0.410 e. The summed E-state index contributed by atoms with van der Waals surface area (Å²) in [7, 11) is 3.10. The third-order valence-corrected chi connectivity index (χ3v) is 8.97. The molecule has 0 atom stereocenters. The van der Waals surface area contributed by atoms with Crippen molar-refractivity contribution in [3.05, 3.63) is 198 Å². The van der Waals surface area contributed by atoms with Crippen molar-refractivity contribution in [1.82, 2.24) is 10.2 Å². The monoisotopic (exact) mass is 881 g/mol. The van der Waals surface area contributed by atoms with Gasteiger partial charge in [-0.05, 0) is 65.2 Å². The minimum absolute atomic E-state index is 0. The molecule has 2 amide bonds. The van der Waals surface area contributed by atoms with Gasteiger partial charge in [-0.3, -0.25) is 9.59 Å². The van der Waals surface area contributed by atoms with Crippen LogP contribution in [0.3, 0.4) is 0 Å². The molecule has 13 nitrogen and oxygen atoms in total. The molecule has 6 aromatic carbocycles. The molecule has 0 saturated carbocycles. The molecule has 0 bridgehead atoms. The van der Waals surface area contributed by atoms with E-state index in [0.717, 1.165) is 16.7 Å². The van der Waals surface area contributed by atoms with Crippen LogP contribution in [0.15, 0.2) is 125 Å². The molecule has 0 aliphatic rings. The number of hydrogen-bond donors (Lipinski definition) is 3. The number of rotatable bonds is 12. The Hall–Kier alpha value is -7.66. The lowest BCUT2D eigenvalue weighted by Gasteiger charge is -2.22. The molecule has 0 fully saturated rings. The van der Waals surface area contributed by atoms with Gasteiger partial charge in [-0.25, -0.2) is 22.8 Å². The zero-order valence-corrected chi connectivity index (χ0v) is 35.0. The van der Waals surface area contributed by atoms with E-state index in [1.54, 1.807) is 19.2 Å². The van der Waals surface area contributed by atoms with Crippen molar-refractivity contribution < 1.29 is 32.2 Å². The Morgan fingerprint density at radius 3 is 1.68 bits per heavy atom. The lowest BCUT2D eigenvalue weighted by molar-refractivity contribution is 0.102. The first-order chi connectivity index (χ1) is 29.7. The molecule has 5 N–H and O–H groups in total. The first kappa shape index (κ1) is 49.7. The topological polar surface area (TPSA) is 205 Å². The van der Waals surface area contributed by atoms with E-state index in [0.29, 0.717) is 23.2 Å². The van der Waals surface area contributed by atoms with Gasteiger partial charge in [0, 0.05) is 50.4 Å². The lowest BCUT2D eigenvalue weighted by Crippen LogP contribution is -2.40. The van der Waals surface area contributed by atoms with Crippen LogP contribution in [0.2, 0.25) is 0 Å². The number of nitrogens with zero attached hydrogens (tertiary/aromatic N) is 4. The Bertz CT molecular complexity index is 2630. The second kappa shape index (κ2) is 24.6. The Morgan fingerprint density at radius 1 is 0.667 bits per heavy atom. The number of amides is 2. The predicted octanol–water partition coefficient (Wildman–Crippen LogP) is 7.11. The predicted molar refractivity (Wildman–Crippen MR) is 233 cm³/mol. The second-order valence-electron chi connectivity index (χ2n) is 13.6. The first-order valence-electron chi connectivity index (χ1n) is 18.7. The van der Waals surface area contributed by atoms with Crippen LogP contribution in [-0.4, -0.2) is 31.2 Å². The summed E-state index contributed by atoms with van der Waals surface area (Å²) in [4.78, 5) is 48.6. The number of ether oxygens (including phenoxy) is 2. The van der Waals surface area contributed by atoms with E-state index < -0.39 is 34.7 Å². The molecule has 0 aliphatic heterocycles. The summed E-state index contributed by atoms with van der Waals surface area (Å²) in [6.07, 6.45) is -1.19. The van der Waals surface area contributed by atoms with Crippen LogP contribution >= 0.6 is 12.4 Å². The quantitative estimate of drug-likeness (QED) is 0.106. The number of anilines is 2. The normalized spacial score (nSPS) is 9.97. The fourth-order valence-corrected chi connectivity index (χ4v) is 5.62. The molecule has 17 heteroatoms. The maximum atomic E-state index is 13.7. The number of nitrogen functional groups attached to an aromatic ring is 1. The third kappa shape index (κ3) is 14.8. The Morgan fingerprint density at radius 2 is 1.16 bits per heavy atom. The van der Waals surface area contributed by atoms with Crippen molar-refractivity contribution >= 4 is 36.0 Å². The standard InChI is InChI=1S/C17H15FN2O2.C16H13FN2O2.C13H14FN3O2.ClH/c1-20(11-15-9-14(10-19)7-8-16(15)18)17(21)22-12-13-5-3-2-4-6-13;17-15-7-6-13(9-18)8-14(15)10-19-16(20)21-11-12-4-2-1-3-5-12;1-17(11-10(16)12(18)13(11)19)6-8-4-7(5-15)2-3-9(8)14;/h2-9H,11-12H2,1H3;1-8H,10-11H2,(H,19,20);2-4H,5-6,15-16H2,1H3;1H. The van der Waals surface area contributed by atoms with E-state index in [2.05, 4.69) is 5.32 Å². The summed E-state index contributed by atoms with van der Waals surface area (Å²) < 4.78 is 51.0. The molecule has 0 unspecified atom stereocenters. The highest BCUT2D eigenvalue weighted by Crippen LogP contribution is 2.20. The summed E-state index contributed by atoms with van der Waals surface area (Å²) >= 11 is 0. The highest BCUT2D eigenvalue weighted by atomic mass is 35.5. The number of benzene rings is 5. The van der Waals surface area contributed by atoms with E-state index in [4.69, 9.17) is 31.5 Å². The van der Waals surface area contributed by atoms with Gasteiger partial charge in [0.1, 0.15) is 42.0 Å². The highest BCUT2D eigenvalue weighted by Gasteiger charge is 2.22. The lowest BCUT2D eigenvalue weighted by atomic mass is 10.1. The largest absolute Gasteiger partial charge is 0.445 e. The Balaban J connectivity index is 0.000000250. The van der Waals surface area contributed by atoms with Crippen LogP contribution in [0, 0.1) is 40.1 Å². The Labute approximate surface area is 367 Å². The van der Waals surface area contributed by atoms with Gasteiger partial charge in [-0.1, -0.05) is 66.7 Å². The van der Waals surface area contributed by atoms with Crippen LogP contribution in [0.1, 0.15) is 44.5 Å². The van der Waals surface area contributed by atoms with Crippen molar-refractivity contribution in [2.45, 2.75) is 39.4 Å². The average Bonchev–Trinajstić information content (AvgIpc) is 3.29. The molecular weight excluding hydrogens is 839 g/mol. The van der Waals surface area contributed by atoms with E-state index in [-0.39, 0.29) is 73.6 Å². The summed E-state index contributed by atoms with van der Waals surface area (Å²) in [6.45, 7) is 0.760.